The van der Waals surface area contributed by atoms with Gasteiger partial charge in [0.2, 0.25) is 0 Å². The molecule has 1 saturated carbocycles. The summed E-state index contributed by atoms with van der Waals surface area (Å²) < 4.78 is 73.9. The first-order chi connectivity index (χ1) is 9.57. The number of hydrogen-bond acceptors (Lipinski definition) is 4. The van der Waals surface area contributed by atoms with Gasteiger partial charge in [0, 0.05) is 17.4 Å². The summed E-state index contributed by atoms with van der Waals surface area (Å²) in [5, 5.41) is 0.755. The van der Waals surface area contributed by atoms with Crippen molar-refractivity contribution >= 4 is 20.6 Å². The van der Waals surface area contributed by atoms with Crippen LogP contribution in [0.4, 0.5) is 13.2 Å². The number of fused-ring (bicyclic) bond motifs is 1. The summed E-state index contributed by atoms with van der Waals surface area (Å²) in [7, 11) is -1.66. The fourth-order valence-corrected chi connectivity index (χ4v) is 4.20. The van der Waals surface area contributed by atoms with E-state index in [1.54, 1.807) is 30.3 Å². The average Bonchev–Trinajstić information content (AvgIpc) is 3.05. The van der Waals surface area contributed by atoms with Crippen molar-refractivity contribution in [1.82, 2.24) is 0 Å². The molecule has 0 spiro atoms. The minimum absolute atomic E-state index is 0.178. The molecule has 0 N–H and O–H groups in total. The van der Waals surface area contributed by atoms with E-state index >= 15 is 0 Å². The second-order valence-corrected chi connectivity index (χ2v) is 8.06. The third-order valence-corrected chi connectivity index (χ3v) is 5.08. The van der Waals surface area contributed by atoms with E-state index in [0.717, 1.165) is 18.2 Å². The van der Waals surface area contributed by atoms with Crippen LogP contribution in [0.5, 0.6) is 0 Å². The van der Waals surface area contributed by atoms with Gasteiger partial charge >= 0.3 is 5.51 Å². The van der Waals surface area contributed by atoms with Crippen molar-refractivity contribution in [1.29, 1.82) is 0 Å². The van der Waals surface area contributed by atoms with Gasteiger partial charge in [0.1, 0.15) is 0 Å². The Labute approximate surface area is 124 Å². The Morgan fingerprint density at radius 2 is 1.57 bits per heavy atom. The SMILES string of the molecule is FC(F)(F)[s+]1c(C2CC2)cc2ccccc21.[O-][Br+3]([O-])([O-])[O-]. The van der Waals surface area contributed by atoms with Crippen molar-refractivity contribution in [3.63, 3.8) is 0 Å². The Kier molecular flexibility index (Phi) is 4.62. The summed E-state index contributed by atoms with van der Waals surface area (Å²) >= 11 is -5.62. The third kappa shape index (κ3) is 4.63. The van der Waals surface area contributed by atoms with Crippen LogP contribution in [0.3, 0.4) is 0 Å². The normalized spacial score (nSPS) is 16.6. The van der Waals surface area contributed by atoms with Gasteiger partial charge < -0.3 is 0 Å². The van der Waals surface area contributed by atoms with Gasteiger partial charge in [-0.2, -0.15) is 0 Å². The molecule has 1 aliphatic carbocycles. The highest BCUT2D eigenvalue weighted by molar-refractivity contribution is 7.38. The van der Waals surface area contributed by atoms with Crippen LogP contribution < -0.4 is 16.8 Å². The minimum atomic E-state index is -5.62. The monoisotopic (exact) mass is 386 g/mol. The van der Waals surface area contributed by atoms with Crippen LogP contribution in [0, 0.1) is 14.1 Å². The second-order valence-electron chi connectivity index (χ2n) is 4.49. The van der Waals surface area contributed by atoms with Crippen LogP contribution in [0.25, 0.3) is 10.1 Å². The van der Waals surface area contributed by atoms with Gasteiger partial charge in [-0.25, -0.2) is 0 Å². The molecule has 0 bridgehead atoms. The Bertz CT molecular complexity index is 625. The highest BCUT2D eigenvalue weighted by Gasteiger charge is 2.50. The van der Waals surface area contributed by atoms with Crippen LogP contribution in [0.2, 0.25) is 0 Å². The highest BCUT2D eigenvalue weighted by Crippen LogP contribution is 2.57. The molecule has 116 valence electrons. The van der Waals surface area contributed by atoms with Gasteiger partial charge in [-0.15, -0.1) is 13.2 Å². The Balaban J connectivity index is 0.000000282. The number of rotatable bonds is 1. The molecule has 1 unspecified atom stereocenters. The molecule has 0 aliphatic heterocycles. The molecule has 0 radical (unpaired) electrons. The van der Waals surface area contributed by atoms with Crippen LogP contribution in [-0.4, -0.2) is 0 Å². The molecule has 1 heterocycles. The first-order valence-electron chi connectivity index (χ1n) is 5.81. The van der Waals surface area contributed by atoms with Gasteiger partial charge in [0.15, 0.2) is 9.58 Å². The molecule has 0 amide bonds. The number of hydrogen-bond donors (Lipinski definition) is 0. The maximum absolute atomic E-state index is 13.0. The van der Waals surface area contributed by atoms with Crippen molar-refractivity contribution in [2.24, 2.45) is 0 Å². The first kappa shape index (κ1) is 16.7. The molecule has 4 nitrogen and oxygen atoms in total. The Hall–Kier alpha value is -0.710. The lowest BCUT2D eigenvalue weighted by atomic mass is 10.2. The van der Waals surface area contributed by atoms with Gasteiger partial charge in [0.05, 0.1) is 24.6 Å². The summed E-state index contributed by atoms with van der Waals surface area (Å²) in [5.41, 5.74) is -4.12. The van der Waals surface area contributed by atoms with Gasteiger partial charge in [-0.05, 0) is 25.0 Å². The van der Waals surface area contributed by atoms with E-state index in [1.165, 1.54) is 0 Å². The molecular weight excluding hydrogens is 377 g/mol. The molecule has 0 saturated heterocycles. The quantitative estimate of drug-likeness (QED) is 0.653. The molecule has 3 rings (SSSR count). The number of halogens is 4. The molecule has 1 aliphatic rings. The maximum Gasteiger partial charge on any atom is 0.600 e. The first-order valence-corrected chi connectivity index (χ1v) is 9.62. The van der Waals surface area contributed by atoms with Crippen LogP contribution in [0.15, 0.2) is 30.3 Å². The fraction of sp³-hybridized carbons (Fsp3) is 0.333. The summed E-state index contributed by atoms with van der Waals surface area (Å²) in [6, 6.07) is 8.62. The minimum Gasteiger partial charge on any atom is -0.264 e. The van der Waals surface area contributed by atoms with Crippen molar-refractivity contribution < 1.29 is 44.1 Å². The third-order valence-electron chi connectivity index (χ3n) is 2.88. The molecule has 1 fully saturated rings. The van der Waals surface area contributed by atoms with Crippen molar-refractivity contribution in [3.05, 3.63) is 35.2 Å². The van der Waals surface area contributed by atoms with Gasteiger partial charge in [0.25, 0.3) is 0 Å². The lowest BCUT2D eigenvalue weighted by molar-refractivity contribution is -2.00. The van der Waals surface area contributed by atoms with Gasteiger partial charge in [-0.3, -0.25) is 16.8 Å². The zero-order chi connectivity index (χ0) is 15.8. The maximum atomic E-state index is 13.0. The van der Waals surface area contributed by atoms with E-state index in [1.807, 2.05) is 0 Å². The van der Waals surface area contributed by atoms with E-state index in [0.29, 0.717) is 9.58 Å². The topological polar surface area (TPSA) is 92.2 Å². The second kappa shape index (κ2) is 5.82. The lowest BCUT2D eigenvalue weighted by Crippen LogP contribution is -2.68. The summed E-state index contributed by atoms with van der Waals surface area (Å²) in [6.07, 6.45) is 1.83. The molecule has 1 atom stereocenters. The number of alkyl halides is 3. The zero-order valence-electron chi connectivity index (χ0n) is 10.4. The highest BCUT2D eigenvalue weighted by atomic mass is 80.0. The zero-order valence-corrected chi connectivity index (χ0v) is 12.8. The molecule has 21 heavy (non-hydrogen) atoms. The molecule has 1 aromatic carbocycles. The Morgan fingerprint density at radius 1 is 1.05 bits per heavy atom. The van der Waals surface area contributed by atoms with Crippen LogP contribution >= 0.6 is 10.5 Å². The van der Waals surface area contributed by atoms with E-state index in [2.05, 4.69) is 0 Å². The lowest BCUT2D eigenvalue weighted by Gasteiger charge is -2.11. The van der Waals surface area contributed by atoms with E-state index in [-0.39, 0.29) is 5.92 Å². The van der Waals surface area contributed by atoms with E-state index < -0.39 is 30.1 Å². The van der Waals surface area contributed by atoms with Crippen LogP contribution in [-0.2, 0) is 5.51 Å². The largest absolute Gasteiger partial charge is 0.600 e. The van der Waals surface area contributed by atoms with Crippen molar-refractivity contribution in [2.75, 3.05) is 0 Å². The van der Waals surface area contributed by atoms with Crippen molar-refractivity contribution in [2.45, 2.75) is 24.3 Å². The van der Waals surface area contributed by atoms with E-state index in [4.69, 9.17) is 16.8 Å². The number of benzene rings is 1. The van der Waals surface area contributed by atoms with E-state index in [9.17, 15) is 13.2 Å². The standard InChI is InChI=1S/C12H10F3S.BrO4/c13-12(14,15)16-10-4-2-1-3-9(10)7-11(16)8-5-6-8;2-1(3,4)5/h1-4,7-8H,5-6H2;/q+1;-1. The average molecular weight is 387 g/mol. The predicted molar refractivity (Wildman–Crippen MR) is 59.7 cm³/mol. The molecule has 2 aromatic rings. The van der Waals surface area contributed by atoms with Crippen molar-refractivity contribution in [3.8, 4) is 0 Å². The molecular formula is C12H10BrF3O4S. The van der Waals surface area contributed by atoms with Crippen LogP contribution in [0.1, 0.15) is 23.6 Å². The fourth-order valence-electron chi connectivity index (χ4n) is 2.04. The molecule has 9 heteroatoms. The van der Waals surface area contributed by atoms with Gasteiger partial charge in [-0.1, -0.05) is 12.1 Å². The smallest absolute Gasteiger partial charge is 0.264 e. The predicted octanol–water partition coefficient (Wildman–Crippen LogP) is 0.187. The number of thiophene rings is 1. The molecule has 1 aromatic heterocycles. The summed E-state index contributed by atoms with van der Waals surface area (Å²) in [4.78, 5) is 0.605. The summed E-state index contributed by atoms with van der Waals surface area (Å²) in [5.74, 6) is 0.178. The Morgan fingerprint density at radius 3 is 2.05 bits per heavy atom. The summed E-state index contributed by atoms with van der Waals surface area (Å²) in [6.45, 7) is 0.